The van der Waals surface area contributed by atoms with E-state index >= 15 is 0 Å². The van der Waals surface area contributed by atoms with Crippen molar-refractivity contribution >= 4 is 5.91 Å². The van der Waals surface area contributed by atoms with E-state index < -0.39 is 0 Å². The number of carbonyl (C=O) groups is 1. The second-order valence-electron chi connectivity index (χ2n) is 8.78. The predicted octanol–water partition coefficient (Wildman–Crippen LogP) is 4.64. The van der Waals surface area contributed by atoms with Crippen molar-refractivity contribution in [2.24, 2.45) is 22.7 Å². The van der Waals surface area contributed by atoms with Gasteiger partial charge in [-0.3, -0.25) is 4.79 Å². The number of nitrogens with one attached hydrogen (secondary N) is 1. The summed E-state index contributed by atoms with van der Waals surface area (Å²) >= 11 is 0. The van der Waals surface area contributed by atoms with Gasteiger partial charge in [0.1, 0.15) is 0 Å². The zero-order chi connectivity index (χ0) is 15.6. The Morgan fingerprint density at radius 1 is 0.947 bits per heavy atom. The summed E-state index contributed by atoms with van der Waals surface area (Å²) in [6.07, 6.45) is 0.986. The number of carbonyl (C=O) groups excluding carboxylic acids is 1. The van der Waals surface area contributed by atoms with Gasteiger partial charge in [0.2, 0.25) is 5.91 Å². The molecule has 0 aliphatic rings. The fourth-order valence-corrected chi connectivity index (χ4v) is 2.22. The van der Waals surface area contributed by atoms with Gasteiger partial charge in [-0.25, -0.2) is 0 Å². The van der Waals surface area contributed by atoms with Crippen LogP contribution in [0.25, 0.3) is 0 Å². The Morgan fingerprint density at radius 2 is 1.37 bits per heavy atom. The SMILES string of the molecule is CC(C(=O)NC(C)(C)CC(C)(C)C(C)C)C(C)(C)C. The van der Waals surface area contributed by atoms with E-state index in [-0.39, 0.29) is 28.2 Å². The molecule has 2 nitrogen and oxygen atoms in total. The van der Waals surface area contributed by atoms with E-state index in [4.69, 9.17) is 0 Å². The van der Waals surface area contributed by atoms with Crippen LogP contribution in [0.2, 0.25) is 0 Å². The molecule has 1 unspecified atom stereocenters. The van der Waals surface area contributed by atoms with E-state index in [2.05, 4.69) is 67.6 Å². The van der Waals surface area contributed by atoms with E-state index in [0.29, 0.717) is 5.92 Å². The van der Waals surface area contributed by atoms with Gasteiger partial charge in [0.25, 0.3) is 0 Å². The molecular weight excluding hydrogens is 234 g/mol. The van der Waals surface area contributed by atoms with Gasteiger partial charge in [-0.05, 0) is 37.0 Å². The van der Waals surface area contributed by atoms with Crippen LogP contribution in [-0.4, -0.2) is 11.4 Å². The zero-order valence-electron chi connectivity index (χ0n) is 14.8. The van der Waals surface area contributed by atoms with Gasteiger partial charge in [0.15, 0.2) is 0 Å². The molecule has 0 rings (SSSR count). The Kier molecular flexibility index (Phi) is 5.68. The first-order chi connectivity index (χ1) is 8.19. The number of rotatable bonds is 5. The minimum atomic E-state index is -0.162. The standard InChI is InChI=1S/C17H35NO/c1-12(2)16(7,8)11-17(9,10)18-14(19)13(3)15(4,5)6/h12-13H,11H2,1-10H3,(H,18,19). The molecule has 0 aliphatic heterocycles. The van der Waals surface area contributed by atoms with Gasteiger partial charge in [0, 0.05) is 11.5 Å². The Morgan fingerprint density at radius 3 is 1.68 bits per heavy atom. The first-order valence-corrected chi connectivity index (χ1v) is 7.51. The second kappa shape index (κ2) is 5.85. The summed E-state index contributed by atoms with van der Waals surface area (Å²) in [5, 5.41) is 3.23. The molecule has 0 radical (unpaired) electrons. The van der Waals surface area contributed by atoms with Crippen LogP contribution in [0.1, 0.15) is 75.7 Å². The highest BCUT2D eigenvalue weighted by Crippen LogP contribution is 2.35. The summed E-state index contributed by atoms with van der Waals surface area (Å²) in [5.41, 5.74) is 0.0693. The molecule has 19 heavy (non-hydrogen) atoms. The molecule has 0 saturated heterocycles. The lowest BCUT2D eigenvalue weighted by Gasteiger charge is -2.39. The number of hydrogen-bond donors (Lipinski definition) is 1. The predicted molar refractivity (Wildman–Crippen MR) is 84.1 cm³/mol. The largest absolute Gasteiger partial charge is 0.351 e. The molecule has 0 heterocycles. The molecule has 1 amide bonds. The maximum absolute atomic E-state index is 12.3. The topological polar surface area (TPSA) is 29.1 Å². The number of hydrogen-bond acceptors (Lipinski definition) is 1. The van der Waals surface area contributed by atoms with Crippen LogP contribution in [-0.2, 0) is 4.79 Å². The van der Waals surface area contributed by atoms with Crippen molar-refractivity contribution in [1.29, 1.82) is 0 Å². The maximum Gasteiger partial charge on any atom is 0.223 e. The molecule has 0 aromatic heterocycles. The molecule has 2 heteroatoms. The number of amides is 1. The van der Waals surface area contributed by atoms with Crippen molar-refractivity contribution in [3.05, 3.63) is 0 Å². The summed E-state index contributed by atoms with van der Waals surface area (Å²) in [6.45, 7) is 21.7. The van der Waals surface area contributed by atoms with Crippen molar-refractivity contribution in [2.45, 2.75) is 81.2 Å². The second-order valence-corrected chi connectivity index (χ2v) is 8.78. The van der Waals surface area contributed by atoms with Gasteiger partial charge < -0.3 is 5.32 Å². The van der Waals surface area contributed by atoms with Crippen LogP contribution in [0.3, 0.4) is 0 Å². The molecule has 0 spiro atoms. The first-order valence-electron chi connectivity index (χ1n) is 7.51. The molecule has 0 aliphatic carbocycles. The summed E-state index contributed by atoms with van der Waals surface area (Å²) in [4.78, 5) is 12.3. The van der Waals surface area contributed by atoms with Crippen LogP contribution >= 0.6 is 0 Å². The summed E-state index contributed by atoms with van der Waals surface area (Å²) in [5.74, 6) is 0.787. The van der Waals surface area contributed by atoms with E-state index in [0.717, 1.165) is 6.42 Å². The lowest BCUT2D eigenvalue weighted by Crippen LogP contribution is -2.50. The highest BCUT2D eigenvalue weighted by molar-refractivity contribution is 5.79. The highest BCUT2D eigenvalue weighted by atomic mass is 16.2. The third-order valence-electron chi connectivity index (χ3n) is 4.61. The molecule has 0 fully saturated rings. The minimum Gasteiger partial charge on any atom is -0.351 e. The van der Waals surface area contributed by atoms with Crippen LogP contribution in [0.4, 0.5) is 0 Å². The third kappa shape index (κ3) is 5.97. The molecule has 1 atom stereocenters. The fourth-order valence-electron chi connectivity index (χ4n) is 2.22. The maximum atomic E-state index is 12.3. The van der Waals surface area contributed by atoms with Crippen molar-refractivity contribution in [2.75, 3.05) is 0 Å². The average Bonchev–Trinajstić information content (AvgIpc) is 2.11. The fraction of sp³-hybridized carbons (Fsp3) is 0.941. The van der Waals surface area contributed by atoms with E-state index in [1.165, 1.54) is 0 Å². The molecule has 0 aromatic rings. The summed E-state index contributed by atoms with van der Waals surface area (Å²) < 4.78 is 0. The van der Waals surface area contributed by atoms with Crippen molar-refractivity contribution in [3.8, 4) is 0 Å². The monoisotopic (exact) mass is 269 g/mol. The van der Waals surface area contributed by atoms with E-state index in [1.807, 2.05) is 6.92 Å². The van der Waals surface area contributed by atoms with Crippen LogP contribution < -0.4 is 5.32 Å². The van der Waals surface area contributed by atoms with Crippen molar-refractivity contribution < 1.29 is 4.79 Å². The molecule has 0 bridgehead atoms. The quantitative estimate of drug-likeness (QED) is 0.774. The van der Waals surface area contributed by atoms with Gasteiger partial charge in [-0.1, -0.05) is 55.4 Å². The van der Waals surface area contributed by atoms with Crippen LogP contribution in [0.5, 0.6) is 0 Å². The molecule has 0 aromatic carbocycles. The Bertz CT molecular complexity index is 308. The van der Waals surface area contributed by atoms with Gasteiger partial charge in [0.05, 0.1) is 0 Å². The summed E-state index contributed by atoms with van der Waals surface area (Å²) in [7, 11) is 0. The smallest absolute Gasteiger partial charge is 0.223 e. The minimum absolute atomic E-state index is 0.00767. The molecule has 1 N–H and O–H groups in total. The molecule has 0 saturated carbocycles. The Balaban J connectivity index is 4.75. The van der Waals surface area contributed by atoms with Crippen molar-refractivity contribution in [1.82, 2.24) is 5.32 Å². The van der Waals surface area contributed by atoms with Crippen LogP contribution in [0.15, 0.2) is 0 Å². The van der Waals surface area contributed by atoms with Gasteiger partial charge >= 0.3 is 0 Å². The molecule has 114 valence electrons. The summed E-state index contributed by atoms with van der Waals surface area (Å²) in [6, 6.07) is 0. The lowest BCUT2D eigenvalue weighted by atomic mass is 9.72. The molecular formula is C17H35NO. The zero-order valence-corrected chi connectivity index (χ0v) is 14.8. The third-order valence-corrected chi connectivity index (χ3v) is 4.61. The lowest BCUT2D eigenvalue weighted by molar-refractivity contribution is -0.129. The van der Waals surface area contributed by atoms with Crippen LogP contribution in [0, 0.1) is 22.7 Å². The van der Waals surface area contributed by atoms with E-state index in [9.17, 15) is 4.79 Å². The Labute approximate surface area is 120 Å². The highest BCUT2D eigenvalue weighted by Gasteiger charge is 2.35. The van der Waals surface area contributed by atoms with Crippen molar-refractivity contribution in [3.63, 3.8) is 0 Å². The van der Waals surface area contributed by atoms with Gasteiger partial charge in [-0.2, -0.15) is 0 Å². The van der Waals surface area contributed by atoms with Gasteiger partial charge in [-0.15, -0.1) is 0 Å². The average molecular weight is 269 g/mol. The van der Waals surface area contributed by atoms with E-state index in [1.54, 1.807) is 0 Å². The first kappa shape index (κ1) is 18.5. The normalized spacial score (nSPS) is 15.5. The Hall–Kier alpha value is -0.530.